The predicted molar refractivity (Wildman–Crippen MR) is 83.4 cm³/mol. The van der Waals surface area contributed by atoms with Crippen LogP contribution in [-0.4, -0.2) is 6.26 Å². The molecular weight excluding hydrogens is 264 g/mol. The first kappa shape index (κ1) is 14.2. The van der Waals surface area contributed by atoms with Crippen molar-refractivity contribution in [2.24, 2.45) is 11.8 Å². The molecule has 0 atom stereocenters. The van der Waals surface area contributed by atoms with E-state index in [1.807, 2.05) is 60.3 Å². The number of rotatable bonds is 4. The van der Waals surface area contributed by atoms with Crippen molar-refractivity contribution >= 4 is 11.8 Å². The second-order valence-electron chi connectivity index (χ2n) is 4.41. The summed E-state index contributed by atoms with van der Waals surface area (Å²) in [6.07, 6.45) is 18.1. The summed E-state index contributed by atoms with van der Waals surface area (Å²) >= 11 is 1.59. The van der Waals surface area contributed by atoms with Gasteiger partial charge in [-0.15, -0.1) is 11.8 Å². The van der Waals surface area contributed by atoms with Gasteiger partial charge >= 0.3 is 0 Å². The molecule has 98 valence electrons. The summed E-state index contributed by atoms with van der Waals surface area (Å²) in [7, 11) is 0. The topological polar surface area (TPSA) is 47.6 Å². The third-order valence-electron chi connectivity index (χ3n) is 3.24. The molecule has 0 aromatic heterocycles. The molecule has 0 spiro atoms. The van der Waals surface area contributed by atoms with Gasteiger partial charge < -0.3 is 0 Å². The molecule has 2 nitrogen and oxygen atoms in total. The second-order valence-corrected chi connectivity index (χ2v) is 5.12. The largest absolute Gasteiger partial charge is 0.192 e. The summed E-state index contributed by atoms with van der Waals surface area (Å²) in [5.74, 6) is 0.140. The van der Waals surface area contributed by atoms with E-state index in [2.05, 4.69) is 12.2 Å². The Labute approximate surface area is 123 Å². The van der Waals surface area contributed by atoms with Crippen molar-refractivity contribution in [1.29, 1.82) is 10.5 Å². The van der Waals surface area contributed by atoms with E-state index in [-0.39, 0.29) is 17.4 Å². The van der Waals surface area contributed by atoms with Gasteiger partial charge in [0.15, 0.2) is 0 Å². The molecule has 3 heteroatoms. The van der Waals surface area contributed by atoms with Crippen LogP contribution >= 0.6 is 11.8 Å². The SMILES string of the molecule is CS/C=C(/C(=C(C#N)C#N)C1C=CC=C1)C1C=CC=C1. The quantitative estimate of drug-likeness (QED) is 0.575. The Kier molecular flexibility index (Phi) is 4.82. The second kappa shape index (κ2) is 6.80. The van der Waals surface area contributed by atoms with Gasteiger partial charge in [-0.3, -0.25) is 0 Å². The third kappa shape index (κ3) is 2.85. The zero-order valence-electron chi connectivity index (χ0n) is 11.2. The van der Waals surface area contributed by atoms with E-state index < -0.39 is 0 Å². The fourth-order valence-electron chi connectivity index (χ4n) is 2.36. The maximum atomic E-state index is 9.27. The van der Waals surface area contributed by atoms with E-state index in [9.17, 15) is 10.5 Å². The molecule has 0 aromatic carbocycles. The molecule has 0 bridgehead atoms. The van der Waals surface area contributed by atoms with Crippen LogP contribution < -0.4 is 0 Å². The highest BCUT2D eigenvalue weighted by molar-refractivity contribution is 8.01. The average Bonchev–Trinajstić information content (AvgIpc) is 3.14. The van der Waals surface area contributed by atoms with Crippen LogP contribution in [0.1, 0.15) is 0 Å². The van der Waals surface area contributed by atoms with E-state index in [4.69, 9.17) is 0 Å². The first-order chi connectivity index (χ1) is 9.81. The third-order valence-corrected chi connectivity index (χ3v) is 3.73. The first-order valence-electron chi connectivity index (χ1n) is 6.29. The van der Waals surface area contributed by atoms with Crippen molar-refractivity contribution in [3.05, 3.63) is 70.7 Å². The highest BCUT2D eigenvalue weighted by Crippen LogP contribution is 2.36. The van der Waals surface area contributed by atoms with Crippen LogP contribution in [0.3, 0.4) is 0 Å². The number of nitriles is 2. The number of hydrogen-bond donors (Lipinski definition) is 0. The molecule has 0 unspecified atom stereocenters. The Balaban J connectivity index is 2.55. The normalized spacial score (nSPS) is 17.4. The van der Waals surface area contributed by atoms with Crippen molar-refractivity contribution < 1.29 is 0 Å². The van der Waals surface area contributed by atoms with Crippen LogP contribution in [0.4, 0.5) is 0 Å². The van der Waals surface area contributed by atoms with E-state index >= 15 is 0 Å². The smallest absolute Gasteiger partial charge is 0.134 e. The summed E-state index contributed by atoms with van der Waals surface area (Å²) in [5, 5.41) is 20.6. The van der Waals surface area contributed by atoms with Crippen molar-refractivity contribution in [3.63, 3.8) is 0 Å². The maximum absolute atomic E-state index is 9.27. The minimum absolute atomic E-state index is 0.00472. The van der Waals surface area contributed by atoms with Gasteiger partial charge in [-0.2, -0.15) is 10.5 Å². The first-order valence-corrected chi connectivity index (χ1v) is 7.58. The monoisotopic (exact) mass is 278 g/mol. The van der Waals surface area contributed by atoms with E-state index in [0.717, 1.165) is 11.1 Å². The van der Waals surface area contributed by atoms with Crippen LogP contribution in [0.25, 0.3) is 0 Å². The predicted octanol–water partition coefficient (Wildman–Crippen LogP) is 4.06. The van der Waals surface area contributed by atoms with Crippen LogP contribution in [0.5, 0.6) is 0 Å². The average molecular weight is 278 g/mol. The number of thioether (sulfide) groups is 1. The van der Waals surface area contributed by atoms with Gasteiger partial charge in [0.05, 0.1) is 0 Å². The molecule has 0 radical (unpaired) electrons. The van der Waals surface area contributed by atoms with E-state index in [1.165, 1.54) is 0 Å². The molecule has 0 aliphatic heterocycles. The fourth-order valence-corrected chi connectivity index (χ4v) is 2.90. The molecule has 0 saturated carbocycles. The van der Waals surface area contributed by atoms with Gasteiger partial charge in [-0.25, -0.2) is 0 Å². The van der Waals surface area contributed by atoms with Crippen LogP contribution in [0.15, 0.2) is 70.7 Å². The molecule has 0 fully saturated rings. The molecule has 0 saturated heterocycles. The van der Waals surface area contributed by atoms with Crippen LogP contribution in [0, 0.1) is 34.5 Å². The van der Waals surface area contributed by atoms with Gasteiger partial charge in [-0.1, -0.05) is 48.6 Å². The minimum atomic E-state index is 0.00472. The lowest BCUT2D eigenvalue weighted by Crippen LogP contribution is -2.08. The van der Waals surface area contributed by atoms with E-state index in [0.29, 0.717) is 0 Å². The maximum Gasteiger partial charge on any atom is 0.134 e. The van der Waals surface area contributed by atoms with Crippen LogP contribution in [-0.2, 0) is 0 Å². The summed E-state index contributed by atoms with van der Waals surface area (Å²) in [4.78, 5) is 0. The summed E-state index contributed by atoms with van der Waals surface area (Å²) < 4.78 is 0. The Morgan fingerprint density at radius 2 is 1.45 bits per heavy atom. The lowest BCUT2D eigenvalue weighted by atomic mass is 9.84. The molecule has 2 rings (SSSR count). The molecule has 2 aliphatic rings. The van der Waals surface area contributed by atoms with Crippen molar-refractivity contribution in [3.8, 4) is 12.1 Å². The zero-order valence-corrected chi connectivity index (χ0v) is 12.0. The van der Waals surface area contributed by atoms with Gasteiger partial charge in [0.1, 0.15) is 17.7 Å². The molecule has 20 heavy (non-hydrogen) atoms. The Morgan fingerprint density at radius 3 is 1.90 bits per heavy atom. The Hall–Kier alpha value is -2.23. The lowest BCUT2D eigenvalue weighted by Gasteiger charge is -2.19. The van der Waals surface area contributed by atoms with Gasteiger partial charge in [0.25, 0.3) is 0 Å². The van der Waals surface area contributed by atoms with Crippen molar-refractivity contribution in [2.45, 2.75) is 0 Å². The molecule has 0 aromatic rings. The number of allylic oxidation sites excluding steroid dienone is 11. The molecule has 2 aliphatic carbocycles. The number of hydrogen-bond acceptors (Lipinski definition) is 3. The number of nitrogens with zero attached hydrogens (tertiary/aromatic N) is 2. The Morgan fingerprint density at radius 1 is 0.950 bits per heavy atom. The van der Waals surface area contributed by atoms with E-state index in [1.54, 1.807) is 11.8 Å². The molecular formula is C17H14N2S. The molecule has 0 amide bonds. The van der Waals surface area contributed by atoms with Crippen molar-refractivity contribution in [1.82, 2.24) is 0 Å². The Bertz CT molecular complexity index is 605. The summed E-state index contributed by atoms with van der Waals surface area (Å²) in [6, 6.07) is 4.09. The lowest BCUT2D eigenvalue weighted by molar-refractivity contribution is 0.900. The summed E-state index contributed by atoms with van der Waals surface area (Å²) in [6.45, 7) is 0. The summed E-state index contributed by atoms with van der Waals surface area (Å²) in [5.41, 5.74) is 2.04. The fraction of sp³-hybridized carbons (Fsp3) is 0.176. The van der Waals surface area contributed by atoms with Gasteiger partial charge in [-0.05, 0) is 22.8 Å². The van der Waals surface area contributed by atoms with Crippen LogP contribution in [0.2, 0.25) is 0 Å². The minimum Gasteiger partial charge on any atom is -0.192 e. The van der Waals surface area contributed by atoms with Gasteiger partial charge in [0.2, 0.25) is 0 Å². The molecule has 0 heterocycles. The van der Waals surface area contributed by atoms with Crippen molar-refractivity contribution in [2.75, 3.05) is 6.26 Å². The zero-order chi connectivity index (χ0) is 14.4. The highest BCUT2D eigenvalue weighted by Gasteiger charge is 2.24. The standard InChI is InChI=1S/C17H14N2S/c1-20-12-16(13-6-2-3-7-13)17(15(10-18)11-19)14-8-4-5-9-14/h2-9,12-14H,1H3/b16-12+. The highest BCUT2D eigenvalue weighted by atomic mass is 32.2. The van der Waals surface area contributed by atoms with Gasteiger partial charge in [0, 0.05) is 11.8 Å². The molecule has 0 N–H and O–H groups in total.